The molecule has 1 amide bonds. The van der Waals surface area contributed by atoms with Crippen LogP contribution in [0.1, 0.15) is 24.2 Å². The Bertz CT molecular complexity index is 781. The molecule has 0 saturated heterocycles. The van der Waals surface area contributed by atoms with Gasteiger partial charge in [0.1, 0.15) is 22.1 Å². The summed E-state index contributed by atoms with van der Waals surface area (Å²) in [5.41, 5.74) is 1.20. The first-order chi connectivity index (χ1) is 11.0. The lowest BCUT2D eigenvalue weighted by atomic mass is 10.1. The third kappa shape index (κ3) is 4.73. The van der Waals surface area contributed by atoms with Crippen molar-refractivity contribution in [3.05, 3.63) is 69.7 Å². The second-order valence-electron chi connectivity index (χ2n) is 4.80. The summed E-state index contributed by atoms with van der Waals surface area (Å²) in [5, 5.41) is 11.9. The summed E-state index contributed by atoms with van der Waals surface area (Å²) in [6.45, 7) is 1.76. The van der Waals surface area contributed by atoms with Crippen molar-refractivity contribution in [3.8, 4) is 6.07 Å². The molecule has 1 aromatic heterocycles. The van der Waals surface area contributed by atoms with Crippen LogP contribution in [0.2, 0.25) is 0 Å². The number of rotatable bonds is 4. The minimum absolute atomic E-state index is 0.0513. The van der Waals surface area contributed by atoms with E-state index >= 15 is 0 Å². The largest absolute Gasteiger partial charge is 0.345 e. The molecular weight excluding hydrogens is 361 g/mol. The molecular formula is C17H13BrFN3O. The Hall–Kier alpha value is -2.52. The van der Waals surface area contributed by atoms with Crippen molar-refractivity contribution in [1.82, 2.24) is 10.3 Å². The number of hydrogen-bond acceptors (Lipinski definition) is 3. The lowest BCUT2D eigenvalue weighted by molar-refractivity contribution is -0.117. The van der Waals surface area contributed by atoms with Gasteiger partial charge in [0.15, 0.2) is 0 Å². The van der Waals surface area contributed by atoms with Crippen molar-refractivity contribution in [2.45, 2.75) is 13.0 Å². The predicted molar refractivity (Wildman–Crippen MR) is 88.5 cm³/mol. The molecule has 1 N–H and O–H groups in total. The number of aromatic nitrogens is 1. The van der Waals surface area contributed by atoms with Gasteiger partial charge in [-0.15, -0.1) is 0 Å². The topological polar surface area (TPSA) is 65.8 Å². The van der Waals surface area contributed by atoms with Crippen LogP contribution < -0.4 is 5.32 Å². The number of hydrogen-bond donors (Lipinski definition) is 1. The molecule has 0 aliphatic heterocycles. The Labute approximate surface area is 141 Å². The van der Waals surface area contributed by atoms with Gasteiger partial charge in [-0.2, -0.15) is 5.26 Å². The Kier molecular flexibility index (Phi) is 5.61. The summed E-state index contributed by atoms with van der Waals surface area (Å²) in [7, 11) is 0. The van der Waals surface area contributed by atoms with Gasteiger partial charge in [0.05, 0.1) is 11.7 Å². The first-order valence-electron chi connectivity index (χ1n) is 6.80. The number of nitrogens with one attached hydrogen (secondary N) is 1. The number of nitrogens with zero attached hydrogens (tertiary/aromatic N) is 2. The number of carbonyl (C=O) groups excluding carboxylic acids is 1. The van der Waals surface area contributed by atoms with E-state index in [4.69, 9.17) is 0 Å². The molecule has 0 aliphatic rings. The van der Waals surface area contributed by atoms with Gasteiger partial charge in [0, 0.05) is 0 Å². The average Bonchev–Trinajstić information content (AvgIpc) is 2.53. The van der Waals surface area contributed by atoms with Crippen LogP contribution in [0.15, 0.2) is 52.6 Å². The molecule has 0 spiro atoms. The summed E-state index contributed by atoms with van der Waals surface area (Å²) >= 11 is 3.23. The van der Waals surface area contributed by atoms with Crippen LogP contribution in [0.25, 0.3) is 6.08 Å². The van der Waals surface area contributed by atoms with Crippen LogP contribution in [0.3, 0.4) is 0 Å². The first kappa shape index (κ1) is 16.8. The number of benzene rings is 1. The summed E-state index contributed by atoms with van der Waals surface area (Å²) < 4.78 is 13.5. The smallest absolute Gasteiger partial charge is 0.262 e. The zero-order chi connectivity index (χ0) is 16.8. The maximum Gasteiger partial charge on any atom is 0.262 e. The van der Waals surface area contributed by atoms with Crippen LogP contribution in [0, 0.1) is 17.1 Å². The highest BCUT2D eigenvalue weighted by atomic mass is 79.9. The highest BCUT2D eigenvalue weighted by molar-refractivity contribution is 9.10. The van der Waals surface area contributed by atoms with E-state index in [9.17, 15) is 14.4 Å². The van der Waals surface area contributed by atoms with E-state index < -0.39 is 5.91 Å². The lowest BCUT2D eigenvalue weighted by Gasteiger charge is -2.13. The van der Waals surface area contributed by atoms with Gasteiger partial charge >= 0.3 is 0 Å². The quantitative estimate of drug-likeness (QED) is 0.503. The van der Waals surface area contributed by atoms with Crippen LogP contribution in [-0.4, -0.2) is 10.9 Å². The van der Waals surface area contributed by atoms with Crippen LogP contribution in [0.5, 0.6) is 0 Å². The van der Waals surface area contributed by atoms with Crippen LogP contribution in [0.4, 0.5) is 4.39 Å². The zero-order valence-corrected chi connectivity index (χ0v) is 13.8. The van der Waals surface area contributed by atoms with Gasteiger partial charge in [0.25, 0.3) is 5.91 Å². The van der Waals surface area contributed by atoms with E-state index in [1.807, 2.05) is 6.07 Å². The summed E-state index contributed by atoms with van der Waals surface area (Å²) in [4.78, 5) is 16.4. The Morgan fingerprint density at radius 2 is 2.04 bits per heavy atom. The molecule has 0 radical (unpaired) electrons. The molecule has 116 valence electrons. The SMILES string of the molecule is C[C@H](NC(=O)C(C#N)=Cc1cccc(Br)n1)c1ccc(F)cc1. The fraction of sp³-hybridized carbons (Fsp3) is 0.118. The second kappa shape index (κ2) is 7.65. The van der Waals surface area contributed by atoms with Crippen molar-refractivity contribution >= 4 is 27.9 Å². The molecule has 0 saturated carbocycles. The fourth-order valence-electron chi connectivity index (χ4n) is 1.91. The van der Waals surface area contributed by atoms with Crippen molar-refractivity contribution in [3.63, 3.8) is 0 Å². The van der Waals surface area contributed by atoms with E-state index in [1.165, 1.54) is 18.2 Å². The second-order valence-corrected chi connectivity index (χ2v) is 5.61. The van der Waals surface area contributed by atoms with E-state index in [0.717, 1.165) is 5.56 Å². The Morgan fingerprint density at radius 1 is 1.35 bits per heavy atom. The van der Waals surface area contributed by atoms with Crippen molar-refractivity contribution < 1.29 is 9.18 Å². The van der Waals surface area contributed by atoms with Gasteiger partial charge < -0.3 is 5.32 Å². The zero-order valence-electron chi connectivity index (χ0n) is 12.3. The third-order valence-electron chi connectivity index (χ3n) is 3.11. The van der Waals surface area contributed by atoms with Crippen molar-refractivity contribution in [1.29, 1.82) is 5.26 Å². The van der Waals surface area contributed by atoms with Gasteiger partial charge in [-0.05, 0) is 58.8 Å². The first-order valence-corrected chi connectivity index (χ1v) is 7.59. The fourth-order valence-corrected chi connectivity index (χ4v) is 2.27. The highest BCUT2D eigenvalue weighted by Crippen LogP contribution is 2.14. The standard InChI is InChI=1S/C17H13BrFN3O/c1-11(12-5-7-14(19)8-6-12)21-17(23)13(10-20)9-15-3-2-4-16(18)22-15/h2-9,11H,1H3,(H,21,23)/t11-/m0/s1. The van der Waals surface area contributed by atoms with Crippen LogP contribution >= 0.6 is 15.9 Å². The predicted octanol–water partition coefficient (Wildman–Crippen LogP) is 3.77. The van der Waals surface area contributed by atoms with Gasteiger partial charge in [-0.3, -0.25) is 4.79 Å². The van der Waals surface area contributed by atoms with Crippen LogP contribution in [-0.2, 0) is 4.79 Å². The molecule has 0 bridgehead atoms. The molecule has 1 heterocycles. The number of carbonyl (C=O) groups is 1. The van der Waals surface area contributed by atoms with Crippen molar-refractivity contribution in [2.24, 2.45) is 0 Å². The van der Waals surface area contributed by atoms with Gasteiger partial charge in [-0.25, -0.2) is 9.37 Å². The molecule has 2 aromatic rings. The van der Waals surface area contributed by atoms with E-state index in [2.05, 4.69) is 26.2 Å². The molecule has 6 heteroatoms. The third-order valence-corrected chi connectivity index (χ3v) is 3.55. The highest BCUT2D eigenvalue weighted by Gasteiger charge is 2.14. The molecule has 1 atom stereocenters. The molecule has 0 fully saturated rings. The Balaban J connectivity index is 2.14. The normalized spacial score (nSPS) is 12.3. The molecule has 1 aromatic carbocycles. The maximum absolute atomic E-state index is 12.9. The van der Waals surface area contributed by atoms with Gasteiger partial charge in [-0.1, -0.05) is 18.2 Å². The van der Waals surface area contributed by atoms with Gasteiger partial charge in [0.2, 0.25) is 0 Å². The number of pyridine rings is 1. The molecule has 0 aliphatic carbocycles. The summed E-state index contributed by atoms with van der Waals surface area (Å²) in [6.07, 6.45) is 1.41. The molecule has 0 unspecified atom stereocenters. The van der Waals surface area contributed by atoms with E-state index in [0.29, 0.717) is 10.3 Å². The van der Waals surface area contributed by atoms with Crippen molar-refractivity contribution in [2.75, 3.05) is 0 Å². The monoisotopic (exact) mass is 373 g/mol. The summed E-state index contributed by atoms with van der Waals surface area (Å²) in [6, 6.07) is 12.5. The minimum Gasteiger partial charge on any atom is -0.345 e. The molecule has 2 rings (SSSR count). The number of halogens is 2. The average molecular weight is 374 g/mol. The lowest BCUT2D eigenvalue weighted by Crippen LogP contribution is -2.27. The Morgan fingerprint density at radius 3 is 2.65 bits per heavy atom. The van der Waals surface area contributed by atoms with E-state index in [-0.39, 0.29) is 17.4 Å². The number of amides is 1. The maximum atomic E-state index is 12.9. The summed E-state index contributed by atoms with van der Waals surface area (Å²) in [5.74, 6) is -0.850. The minimum atomic E-state index is -0.508. The molecule has 4 nitrogen and oxygen atoms in total. The van der Waals surface area contributed by atoms with E-state index in [1.54, 1.807) is 37.3 Å². The number of nitriles is 1. The molecule has 23 heavy (non-hydrogen) atoms.